The highest BCUT2D eigenvalue weighted by Gasteiger charge is 2.24. The number of carbonyl (C=O) groups excluding carboxylic acids is 2. The summed E-state index contributed by atoms with van der Waals surface area (Å²) in [5, 5.41) is 12.2. The SMILES string of the molecule is CCCN(CCC(=O)Nc1nnc(-c2cccc(OC)c2)s1)C(=O)C(CC)c1ccccc1. The first-order valence-electron chi connectivity index (χ1n) is 11.2. The van der Waals surface area contributed by atoms with Gasteiger partial charge in [0.25, 0.3) is 0 Å². The molecule has 174 valence electrons. The van der Waals surface area contributed by atoms with E-state index in [2.05, 4.69) is 15.5 Å². The molecule has 0 radical (unpaired) electrons. The van der Waals surface area contributed by atoms with Crippen molar-refractivity contribution in [3.8, 4) is 16.3 Å². The fraction of sp³-hybridized carbons (Fsp3) is 0.360. The molecule has 7 nitrogen and oxygen atoms in total. The van der Waals surface area contributed by atoms with Crippen LogP contribution in [0.5, 0.6) is 5.75 Å². The minimum atomic E-state index is -0.200. The maximum Gasteiger partial charge on any atom is 0.230 e. The molecule has 0 aliphatic heterocycles. The van der Waals surface area contributed by atoms with Crippen LogP contribution >= 0.6 is 11.3 Å². The highest BCUT2D eigenvalue weighted by atomic mass is 32.1. The third-order valence-electron chi connectivity index (χ3n) is 5.31. The van der Waals surface area contributed by atoms with E-state index in [1.807, 2.05) is 68.4 Å². The summed E-state index contributed by atoms with van der Waals surface area (Å²) in [5.74, 6) is 0.406. The first-order chi connectivity index (χ1) is 16.0. The number of carbonyl (C=O) groups is 2. The third kappa shape index (κ3) is 6.61. The van der Waals surface area contributed by atoms with E-state index in [0.29, 0.717) is 29.6 Å². The van der Waals surface area contributed by atoms with E-state index in [1.54, 1.807) is 12.0 Å². The number of nitrogens with one attached hydrogen (secondary N) is 1. The quantitative estimate of drug-likeness (QED) is 0.431. The van der Waals surface area contributed by atoms with Gasteiger partial charge in [0.1, 0.15) is 10.8 Å². The third-order valence-corrected chi connectivity index (χ3v) is 6.20. The lowest BCUT2D eigenvalue weighted by Gasteiger charge is -2.26. The molecule has 0 aliphatic carbocycles. The normalized spacial score (nSPS) is 11.6. The van der Waals surface area contributed by atoms with Crippen LogP contribution < -0.4 is 10.1 Å². The van der Waals surface area contributed by atoms with E-state index in [4.69, 9.17) is 4.74 Å². The van der Waals surface area contributed by atoms with Crippen LogP contribution in [0.15, 0.2) is 54.6 Å². The number of aromatic nitrogens is 2. The zero-order valence-corrected chi connectivity index (χ0v) is 20.1. The summed E-state index contributed by atoms with van der Waals surface area (Å²) in [6.07, 6.45) is 1.75. The van der Waals surface area contributed by atoms with Crippen LogP contribution in [0, 0.1) is 0 Å². The molecule has 33 heavy (non-hydrogen) atoms. The Bertz CT molecular complexity index is 1050. The van der Waals surface area contributed by atoms with Crippen LogP contribution in [0.25, 0.3) is 10.6 Å². The van der Waals surface area contributed by atoms with Crippen molar-refractivity contribution in [2.75, 3.05) is 25.5 Å². The molecule has 1 aromatic heterocycles. The van der Waals surface area contributed by atoms with Crippen molar-refractivity contribution < 1.29 is 14.3 Å². The molecule has 3 rings (SSSR count). The van der Waals surface area contributed by atoms with Crippen molar-refractivity contribution in [1.29, 1.82) is 0 Å². The Morgan fingerprint density at radius 3 is 2.55 bits per heavy atom. The number of rotatable bonds is 11. The van der Waals surface area contributed by atoms with Gasteiger partial charge in [0.05, 0.1) is 13.0 Å². The van der Waals surface area contributed by atoms with Gasteiger partial charge in [-0.15, -0.1) is 10.2 Å². The molecule has 8 heteroatoms. The second-order valence-electron chi connectivity index (χ2n) is 7.64. The molecule has 1 atom stereocenters. The van der Waals surface area contributed by atoms with Crippen LogP contribution in [0.3, 0.4) is 0 Å². The molecule has 1 heterocycles. The standard InChI is InChI=1S/C25H30N4O3S/c1-4-15-29(24(31)21(5-2)18-10-7-6-8-11-18)16-14-22(30)26-25-28-27-23(33-25)19-12-9-13-20(17-19)32-3/h6-13,17,21H,4-5,14-16H2,1-3H3,(H,26,28,30). The summed E-state index contributed by atoms with van der Waals surface area (Å²) < 4.78 is 5.25. The Kier molecular flexibility index (Phi) is 8.95. The number of benzene rings is 2. The van der Waals surface area contributed by atoms with Gasteiger partial charge >= 0.3 is 0 Å². The lowest BCUT2D eigenvalue weighted by atomic mass is 9.95. The van der Waals surface area contributed by atoms with Gasteiger partial charge in [0.15, 0.2) is 0 Å². The predicted octanol–water partition coefficient (Wildman–Crippen LogP) is 4.97. The Hall–Kier alpha value is -3.26. The average Bonchev–Trinajstić information content (AvgIpc) is 3.31. The maximum absolute atomic E-state index is 13.2. The molecule has 0 bridgehead atoms. The first-order valence-corrected chi connectivity index (χ1v) is 12.0. The summed E-state index contributed by atoms with van der Waals surface area (Å²) in [6, 6.07) is 17.3. The van der Waals surface area contributed by atoms with E-state index in [1.165, 1.54) is 11.3 Å². The van der Waals surface area contributed by atoms with Crippen molar-refractivity contribution in [2.24, 2.45) is 0 Å². The number of hydrogen-bond donors (Lipinski definition) is 1. The number of nitrogens with zero attached hydrogens (tertiary/aromatic N) is 3. The Morgan fingerprint density at radius 1 is 1.06 bits per heavy atom. The summed E-state index contributed by atoms with van der Waals surface area (Å²) in [5.41, 5.74) is 1.88. The molecular weight excluding hydrogens is 436 g/mol. The van der Waals surface area contributed by atoms with Gasteiger partial charge in [-0.25, -0.2) is 0 Å². The predicted molar refractivity (Wildman–Crippen MR) is 131 cm³/mol. The molecule has 0 saturated heterocycles. The highest BCUT2D eigenvalue weighted by Crippen LogP contribution is 2.29. The smallest absolute Gasteiger partial charge is 0.230 e. The zero-order chi connectivity index (χ0) is 23.6. The molecule has 0 fully saturated rings. The topological polar surface area (TPSA) is 84.4 Å². The fourth-order valence-electron chi connectivity index (χ4n) is 3.63. The lowest BCUT2D eigenvalue weighted by molar-refractivity contribution is -0.133. The minimum absolute atomic E-state index is 0.0644. The molecule has 1 N–H and O–H groups in total. The highest BCUT2D eigenvalue weighted by molar-refractivity contribution is 7.18. The van der Waals surface area contributed by atoms with Crippen LogP contribution in [0.4, 0.5) is 5.13 Å². The van der Waals surface area contributed by atoms with Crippen LogP contribution in [-0.4, -0.2) is 47.1 Å². The van der Waals surface area contributed by atoms with Crippen molar-refractivity contribution in [3.63, 3.8) is 0 Å². The maximum atomic E-state index is 13.2. The number of methoxy groups -OCH3 is 1. The minimum Gasteiger partial charge on any atom is -0.497 e. The van der Waals surface area contributed by atoms with Gasteiger partial charge in [-0.3, -0.25) is 9.59 Å². The van der Waals surface area contributed by atoms with Crippen LogP contribution in [0.1, 0.15) is 44.6 Å². The van der Waals surface area contributed by atoms with E-state index >= 15 is 0 Å². The summed E-state index contributed by atoms with van der Waals surface area (Å²) in [7, 11) is 1.61. The van der Waals surface area contributed by atoms with Crippen molar-refractivity contribution in [2.45, 2.75) is 39.0 Å². The monoisotopic (exact) mass is 466 g/mol. The second kappa shape index (κ2) is 12.1. The van der Waals surface area contributed by atoms with Gasteiger partial charge < -0.3 is 15.0 Å². The number of anilines is 1. The van der Waals surface area contributed by atoms with Gasteiger partial charge in [-0.05, 0) is 30.5 Å². The van der Waals surface area contributed by atoms with E-state index in [9.17, 15) is 9.59 Å². The zero-order valence-electron chi connectivity index (χ0n) is 19.3. The molecule has 2 amide bonds. The van der Waals surface area contributed by atoms with E-state index in [-0.39, 0.29) is 24.2 Å². The Balaban J connectivity index is 1.60. The van der Waals surface area contributed by atoms with Gasteiger partial charge in [-0.1, -0.05) is 67.6 Å². The molecular formula is C25H30N4O3S. The Morgan fingerprint density at radius 2 is 1.85 bits per heavy atom. The van der Waals surface area contributed by atoms with Crippen LogP contribution in [0.2, 0.25) is 0 Å². The molecule has 0 spiro atoms. The van der Waals surface area contributed by atoms with Crippen molar-refractivity contribution >= 4 is 28.3 Å². The molecule has 0 saturated carbocycles. The molecule has 1 unspecified atom stereocenters. The number of ether oxygens (including phenoxy) is 1. The van der Waals surface area contributed by atoms with Crippen molar-refractivity contribution in [3.05, 3.63) is 60.2 Å². The molecule has 3 aromatic rings. The lowest BCUT2D eigenvalue weighted by Crippen LogP contribution is -2.37. The first kappa shape index (κ1) is 24.4. The largest absolute Gasteiger partial charge is 0.497 e. The summed E-state index contributed by atoms with van der Waals surface area (Å²) >= 11 is 1.30. The van der Waals surface area contributed by atoms with Crippen LogP contribution in [-0.2, 0) is 9.59 Å². The molecule has 0 aliphatic rings. The second-order valence-corrected chi connectivity index (χ2v) is 8.62. The Labute approximate surface area is 198 Å². The van der Waals surface area contributed by atoms with Gasteiger partial charge in [0.2, 0.25) is 16.9 Å². The van der Waals surface area contributed by atoms with E-state index < -0.39 is 0 Å². The van der Waals surface area contributed by atoms with E-state index in [0.717, 1.165) is 23.3 Å². The van der Waals surface area contributed by atoms with Gasteiger partial charge in [0, 0.05) is 25.1 Å². The summed E-state index contributed by atoms with van der Waals surface area (Å²) in [6.45, 7) is 5.03. The number of hydrogen-bond acceptors (Lipinski definition) is 6. The average molecular weight is 467 g/mol. The van der Waals surface area contributed by atoms with Crippen molar-refractivity contribution in [1.82, 2.24) is 15.1 Å². The fourth-order valence-corrected chi connectivity index (χ4v) is 4.38. The molecule has 2 aromatic carbocycles. The summed E-state index contributed by atoms with van der Waals surface area (Å²) in [4.78, 5) is 27.6. The van der Waals surface area contributed by atoms with Gasteiger partial charge in [-0.2, -0.15) is 0 Å². The number of amides is 2.